The standard InChI is InChI=1S/C22H25NO4/c1-16-13-23(14-17(2)27-16)20(24)15-26-22(25)21(18-9-5-3-6-10-18)19-11-7-4-8-12-19/h3-12,16-17,21H,13-15H2,1-2H3/t16-,17-/m1/s1. The van der Waals surface area contributed by atoms with Gasteiger partial charge in [0.05, 0.1) is 12.2 Å². The van der Waals surface area contributed by atoms with Crippen molar-refractivity contribution in [2.75, 3.05) is 19.7 Å². The number of carbonyl (C=O) groups is 2. The van der Waals surface area contributed by atoms with Crippen LogP contribution in [-0.2, 0) is 19.1 Å². The maximum absolute atomic E-state index is 12.8. The highest BCUT2D eigenvalue weighted by molar-refractivity contribution is 5.85. The van der Waals surface area contributed by atoms with Crippen LogP contribution in [0.3, 0.4) is 0 Å². The zero-order chi connectivity index (χ0) is 19.2. The summed E-state index contributed by atoms with van der Waals surface area (Å²) in [4.78, 5) is 27.0. The van der Waals surface area contributed by atoms with E-state index in [9.17, 15) is 9.59 Å². The normalized spacial score (nSPS) is 19.7. The van der Waals surface area contributed by atoms with Gasteiger partial charge in [-0.15, -0.1) is 0 Å². The first kappa shape index (κ1) is 19.1. The van der Waals surface area contributed by atoms with Gasteiger partial charge in [0.15, 0.2) is 6.61 Å². The van der Waals surface area contributed by atoms with Gasteiger partial charge in [0.2, 0.25) is 0 Å². The highest BCUT2D eigenvalue weighted by Crippen LogP contribution is 2.26. The van der Waals surface area contributed by atoms with Crippen molar-refractivity contribution in [3.63, 3.8) is 0 Å². The van der Waals surface area contributed by atoms with Crippen LogP contribution in [0.4, 0.5) is 0 Å². The fraction of sp³-hybridized carbons (Fsp3) is 0.364. The molecule has 1 aliphatic heterocycles. The van der Waals surface area contributed by atoms with Crippen molar-refractivity contribution in [1.82, 2.24) is 4.90 Å². The Labute approximate surface area is 159 Å². The van der Waals surface area contributed by atoms with Crippen LogP contribution in [-0.4, -0.2) is 48.7 Å². The van der Waals surface area contributed by atoms with Gasteiger partial charge < -0.3 is 14.4 Å². The number of esters is 1. The summed E-state index contributed by atoms with van der Waals surface area (Å²) in [5.74, 6) is -1.16. The Morgan fingerprint density at radius 1 is 0.963 bits per heavy atom. The van der Waals surface area contributed by atoms with E-state index in [1.165, 1.54) is 0 Å². The molecule has 0 radical (unpaired) electrons. The number of nitrogens with zero attached hydrogens (tertiary/aromatic N) is 1. The molecule has 5 nitrogen and oxygen atoms in total. The quantitative estimate of drug-likeness (QED) is 0.763. The van der Waals surface area contributed by atoms with Gasteiger partial charge in [-0.3, -0.25) is 9.59 Å². The molecule has 0 unspecified atom stereocenters. The average molecular weight is 367 g/mol. The summed E-state index contributed by atoms with van der Waals surface area (Å²) in [7, 11) is 0. The molecule has 0 aliphatic carbocycles. The van der Waals surface area contributed by atoms with E-state index in [4.69, 9.17) is 9.47 Å². The number of rotatable bonds is 5. The minimum Gasteiger partial charge on any atom is -0.455 e. The van der Waals surface area contributed by atoms with Crippen LogP contribution in [0.2, 0.25) is 0 Å². The predicted molar refractivity (Wildman–Crippen MR) is 102 cm³/mol. The van der Waals surface area contributed by atoms with Crippen LogP contribution in [0.1, 0.15) is 30.9 Å². The number of amides is 1. The van der Waals surface area contributed by atoms with Crippen molar-refractivity contribution < 1.29 is 19.1 Å². The van der Waals surface area contributed by atoms with E-state index in [-0.39, 0.29) is 24.7 Å². The Balaban J connectivity index is 1.69. The molecule has 0 aromatic heterocycles. The molecule has 0 bridgehead atoms. The fourth-order valence-electron chi connectivity index (χ4n) is 3.44. The Hall–Kier alpha value is -2.66. The molecule has 27 heavy (non-hydrogen) atoms. The molecule has 0 saturated carbocycles. The minimum atomic E-state index is -0.553. The van der Waals surface area contributed by atoms with Crippen molar-refractivity contribution >= 4 is 11.9 Å². The zero-order valence-electron chi connectivity index (χ0n) is 15.7. The van der Waals surface area contributed by atoms with Gasteiger partial charge in [-0.2, -0.15) is 0 Å². The van der Waals surface area contributed by atoms with E-state index in [1.807, 2.05) is 74.5 Å². The van der Waals surface area contributed by atoms with E-state index in [0.29, 0.717) is 13.1 Å². The maximum Gasteiger partial charge on any atom is 0.318 e. The van der Waals surface area contributed by atoms with Gasteiger partial charge >= 0.3 is 5.97 Å². The third-order valence-electron chi connectivity index (χ3n) is 4.61. The molecule has 2 atom stereocenters. The number of hydrogen-bond donors (Lipinski definition) is 0. The maximum atomic E-state index is 12.8. The molecule has 2 aromatic rings. The van der Waals surface area contributed by atoms with Gasteiger partial charge in [0.1, 0.15) is 5.92 Å². The van der Waals surface area contributed by atoms with Crippen molar-refractivity contribution in [3.05, 3.63) is 71.8 Å². The highest BCUT2D eigenvalue weighted by Gasteiger charge is 2.28. The van der Waals surface area contributed by atoms with Gasteiger partial charge in [0.25, 0.3) is 5.91 Å². The van der Waals surface area contributed by atoms with Crippen molar-refractivity contribution in [2.45, 2.75) is 32.0 Å². The summed E-state index contributed by atoms with van der Waals surface area (Å²) < 4.78 is 11.1. The first-order chi connectivity index (χ1) is 13.0. The third-order valence-corrected chi connectivity index (χ3v) is 4.61. The Kier molecular flexibility index (Phi) is 6.24. The summed E-state index contributed by atoms with van der Waals surface area (Å²) in [5.41, 5.74) is 1.68. The van der Waals surface area contributed by atoms with Gasteiger partial charge in [0, 0.05) is 13.1 Å². The summed E-state index contributed by atoms with van der Waals surface area (Å²) in [5, 5.41) is 0. The van der Waals surface area contributed by atoms with Crippen LogP contribution >= 0.6 is 0 Å². The number of hydrogen-bond acceptors (Lipinski definition) is 4. The molecule has 2 aromatic carbocycles. The van der Waals surface area contributed by atoms with Crippen molar-refractivity contribution in [1.29, 1.82) is 0 Å². The topological polar surface area (TPSA) is 55.8 Å². The lowest BCUT2D eigenvalue weighted by Crippen LogP contribution is -2.49. The molecule has 1 fully saturated rings. The van der Waals surface area contributed by atoms with E-state index in [0.717, 1.165) is 11.1 Å². The number of ether oxygens (including phenoxy) is 2. The smallest absolute Gasteiger partial charge is 0.318 e. The van der Waals surface area contributed by atoms with Gasteiger partial charge in [-0.1, -0.05) is 60.7 Å². The molecule has 1 amide bonds. The molecular weight excluding hydrogens is 342 g/mol. The third kappa shape index (κ3) is 4.95. The van der Waals surface area contributed by atoms with Crippen LogP contribution < -0.4 is 0 Å². The first-order valence-corrected chi connectivity index (χ1v) is 9.24. The second-order valence-corrected chi connectivity index (χ2v) is 6.92. The summed E-state index contributed by atoms with van der Waals surface area (Å²) in [6.45, 7) is 4.64. The number of morpholine rings is 1. The van der Waals surface area contributed by atoms with Gasteiger partial charge in [-0.05, 0) is 25.0 Å². The highest BCUT2D eigenvalue weighted by atomic mass is 16.5. The molecule has 5 heteroatoms. The first-order valence-electron chi connectivity index (χ1n) is 9.24. The molecule has 1 heterocycles. The van der Waals surface area contributed by atoms with Crippen LogP contribution in [0, 0.1) is 0 Å². The Morgan fingerprint density at radius 3 is 1.93 bits per heavy atom. The average Bonchev–Trinajstić information content (AvgIpc) is 2.67. The van der Waals surface area contributed by atoms with E-state index < -0.39 is 11.9 Å². The van der Waals surface area contributed by atoms with Crippen LogP contribution in [0.15, 0.2) is 60.7 Å². The van der Waals surface area contributed by atoms with E-state index >= 15 is 0 Å². The molecule has 1 saturated heterocycles. The summed E-state index contributed by atoms with van der Waals surface area (Å²) in [6.07, 6.45) is -0.0374. The monoisotopic (exact) mass is 367 g/mol. The second-order valence-electron chi connectivity index (χ2n) is 6.92. The Bertz CT molecular complexity index is 713. The van der Waals surface area contributed by atoms with Crippen molar-refractivity contribution in [3.8, 4) is 0 Å². The summed E-state index contributed by atoms with van der Waals surface area (Å²) >= 11 is 0. The van der Waals surface area contributed by atoms with Crippen LogP contribution in [0.25, 0.3) is 0 Å². The predicted octanol–water partition coefficient (Wildman–Crippen LogP) is 3.00. The van der Waals surface area contributed by atoms with E-state index in [2.05, 4.69) is 0 Å². The lowest BCUT2D eigenvalue weighted by atomic mass is 9.91. The molecule has 1 aliphatic rings. The Morgan fingerprint density at radius 2 is 1.44 bits per heavy atom. The molecule has 3 rings (SSSR count). The van der Waals surface area contributed by atoms with E-state index in [1.54, 1.807) is 4.90 Å². The second kappa shape index (κ2) is 8.82. The zero-order valence-corrected chi connectivity index (χ0v) is 15.7. The largest absolute Gasteiger partial charge is 0.455 e. The van der Waals surface area contributed by atoms with Crippen molar-refractivity contribution in [2.24, 2.45) is 0 Å². The lowest BCUT2D eigenvalue weighted by Gasteiger charge is -2.35. The summed E-state index contributed by atoms with van der Waals surface area (Å²) in [6, 6.07) is 18.9. The van der Waals surface area contributed by atoms with Crippen LogP contribution in [0.5, 0.6) is 0 Å². The SMILES string of the molecule is C[C@@H]1CN(C(=O)COC(=O)C(c2ccccc2)c2ccccc2)C[C@@H](C)O1. The number of carbonyl (C=O) groups excluding carboxylic acids is 2. The number of benzene rings is 2. The molecule has 142 valence electrons. The molecule has 0 N–H and O–H groups in total. The molecular formula is C22H25NO4. The van der Waals surface area contributed by atoms with Gasteiger partial charge in [-0.25, -0.2) is 0 Å². The molecule has 0 spiro atoms. The minimum absolute atomic E-state index is 0.0187. The lowest BCUT2D eigenvalue weighted by molar-refractivity contribution is -0.157. The fourth-order valence-corrected chi connectivity index (χ4v) is 3.44.